The lowest BCUT2D eigenvalue weighted by Crippen LogP contribution is -2.54. The molecule has 4 N–H and O–H groups in total. The molecule has 0 radical (unpaired) electrons. The molecule has 0 saturated carbocycles. The van der Waals surface area contributed by atoms with Gasteiger partial charge in [0.25, 0.3) is 23.3 Å². The molecule has 1 atom stereocenters. The molecule has 4 aromatic rings. The van der Waals surface area contributed by atoms with E-state index in [1.54, 1.807) is 30.3 Å². The van der Waals surface area contributed by atoms with Crippen LogP contribution in [0.2, 0.25) is 0 Å². The number of nitrogens with one attached hydrogen (secondary N) is 4. The summed E-state index contributed by atoms with van der Waals surface area (Å²) in [6.45, 7) is 0.156. The monoisotopic (exact) mass is 736 g/mol. The molecule has 4 heterocycles. The lowest BCUT2D eigenvalue weighted by molar-refractivity contribution is -0.136. The first kappa shape index (κ1) is 35.8. The number of H-pyrrole nitrogens is 1. The second kappa shape index (κ2) is 14.8. The molecule has 3 aliphatic heterocycles. The van der Waals surface area contributed by atoms with Gasteiger partial charge in [-0.3, -0.25) is 53.9 Å². The number of fused-ring (bicyclic) bond motifs is 2. The largest absolute Gasteiger partial charge is 0.338 e. The van der Waals surface area contributed by atoms with Gasteiger partial charge in [-0.05, 0) is 42.3 Å². The number of piperazine rings is 1. The van der Waals surface area contributed by atoms with Gasteiger partial charge < -0.3 is 15.1 Å². The third kappa shape index (κ3) is 6.95. The van der Waals surface area contributed by atoms with E-state index in [1.807, 2.05) is 0 Å². The van der Waals surface area contributed by atoms with Crippen molar-refractivity contribution in [2.24, 2.45) is 0 Å². The summed E-state index contributed by atoms with van der Waals surface area (Å²) in [7, 11) is 0. The maximum atomic E-state index is 14.9. The molecule has 276 valence electrons. The number of benzene rings is 3. The Morgan fingerprint density at radius 3 is 2.35 bits per heavy atom. The van der Waals surface area contributed by atoms with Crippen molar-refractivity contribution in [3.8, 4) is 0 Å². The average Bonchev–Trinajstić information content (AvgIpc) is 3.42. The zero-order valence-corrected chi connectivity index (χ0v) is 28.6. The summed E-state index contributed by atoms with van der Waals surface area (Å²) in [5, 5.41) is 15.2. The fourth-order valence-corrected chi connectivity index (χ4v) is 6.88. The van der Waals surface area contributed by atoms with Crippen LogP contribution in [0, 0.1) is 5.82 Å². The lowest BCUT2D eigenvalue weighted by Gasteiger charge is -2.35. The molecule has 3 aliphatic rings. The van der Waals surface area contributed by atoms with Crippen molar-refractivity contribution in [3.63, 3.8) is 0 Å². The van der Waals surface area contributed by atoms with Gasteiger partial charge in [0.05, 0.1) is 46.5 Å². The van der Waals surface area contributed by atoms with Crippen molar-refractivity contribution in [2.45, 2.75) is 25.3 Å². The quantitative estimate of drug-likeness (QED) is 0.176. The van der Waals surface area contributed by atoms with Gasteiger partial charge in [-0.15, -0.1) is 0 Å². The third-order valence-electron chi connectivity index (χ3n) is 9.63. The minimum Gasteiger partial charge on any atom is -0.338 e. The summed E-state index contributed by atoms with van der Waals surface area (Å²) >= 11 is 0. The number of hydrogen-bond donors (Lipinski definition) is 4. The van der Waals surface area contributed by atoms with E-state index in [0.717, 1.165) is 4.90 Å². The van der Waals surface area contributed by atoms with Crippen LogP contribution in [0.4, 0.5) is 10.1 Å². The topological polar surface area (TPSA) is 211 Å². The van der Waals surface area contributed by atoms with Crippen LogP contribution < -0.4 is 21.5 Å². The highest BCUT2D eigenvalue weighted by Crippen LogP contribution is 2.32. The molecular weight excluding hydrogens is 703 g/mol. The number of halogens is 1. The number of hydrogen-bond acceptors (Lipinski definition) is 10. The molecule has 7 amide bonds. The van der Waals surface area contributed by atoms with Gasteiger partial charge >= 0.3 is 0 Å². The summed E-state index contributed by atoms with van der Waals surface area (Å²) in [6.07, 6.45) is 0.210. The van der Waals surface area contributed by atoms with Gasteiger partial charge in [-0.25, -0.2) is 9.49 Å². The zero-order valence-electron chi connectivity index (χ0n) is 28.6. The number of aromatic nitrogens is 2. The number of anilines is 1. The maximum absolute atomic E-state index is 14.9. The van der Waals surface area contributed by atoms with Crippen LogP contribution in [0.3, 0.4) is 0 Å². The Bertz CT molecular complexity index is 2320. The number of piperidine rings is 1. The minimum absolute atomic E-state index is 0.00964. The fourth-order valence-electron chi connectivity index (χ4n) is 6.88. The molecule has 3 aromatic carbocycles. The lowest BCUT2D eigenvalue weighted by atomic mass is 10.0. The Morgan fingerprint density at radius 2 is 1.59 bits per heavy atom. The Morgan fingerprint density at radius 1 is 0.852 bits per heavy atom. The van der Waals surface area contributed by atoms with Gasteiger partial charge in [-0.1, -0.05) is 30.3 Å². The number of carbonyl (C=O) groups excluding carboxylic acids is 7. The van der Waals surface area contributed by atoms with E-state index in [9.17, 15) is 42.7 Å². The van der Waals surface area contributed by atoms with Crippen LogP contribution in [0.15, 0.2) is 65.5 Å². The Hall–Kier alpha value is -6.62. The summed E-state index contributed by atoms with van der Waals surface area (Å²) in [5.41, 5.74) is 0.748. The SMILES string of the molecule is O=C1CCC(N2C(=O)c3cccc(NC(=O)CNCC(=O)N4CCN(C(=O)c5cc(Cc6n[nH]c(=O)c7ccccc67)ccc5F)CC4)c3C2=O)C(=O)N1. The Balaban J connectivity index is 0.901. The predicted molar refractivity (Wildman–Crippen MR) is 189 cm³/mol. The van der Waals surface area contributed by atoms with Gasteiger partial charge in [0.15, 0.2) is 0 Å². The van der Waals surface area contributed by atoms with Crippen LogP contribution in [0.5, 0.6) is 0 Å². The number of amides is 7. The molecule has 2 fully saturated rings. The normalized spacial score (nSPS) is 17.1. The van der Waals surface area contributed by atoms with Crippen LogP contribution >= 0.6 is 0 Å². The smallest absolute Gasteiger partial charge is 0.272 e. The first-order valence-corrected chi connectivity index (χ1v) is 17.2. The molecule has 1 aromatic heterocycles. The second-order valence-electron chi connectivity index (χ2n) is 13.0. The third-order valence-corrected chi connectivity index (χ3v) is 9.63. The maximum Gasteiger partial charge on any atom is 0.272 e. The van der Waals surface area contributed by atoms with Crippen LogP contribution in [-0.2, 0) is 25.6 Å². The van der Waals surface area contributed by atoms with Crippen molar-refractivity contribution < 1.29 is 38.0 Å². The molecule has 54 heavy (non-hydrogen) atoms. The highest BCUT2D eigenvalue weighted by Gasteiger charge is 2.45. The van der Waals surface area contributed by atoms with E-state index in [4.69, 9.17) is 0 Å². The zero-order chi connectivity index (χ0) is 38.1. The van der Waals surface area contributed by atoms with Crippen molar-refractivity contribution in [2.75, 3.05) is 44.6 Å². The van der Waals surface area contributed by atoms with E-state index >= 15 is 0 Å². The van der Waals surface area contributed by atoms with Gasteiger partial charge in [0, 0.05) is 44.4 Å². The molecule has 0 spiro atoms. The van der Waals surface area contributed by atoms with Gasteiger partial charge in [0.1, 0.15) is 11.9 Å². The molecule has 0 aliphatic carbocycles. The summed E-state index contributed by atoms with van der Waals surface area (Å²) in [5.74, 6) is -4.86. The molecule has 1 unspecified atom stereocenters. The predicted octanol–water partition coefficient (Wildman–Crippen LogP) is 0.567. The number of rotatable bonds is 9. The van der Waals surface area contributed by atoms with E-state index < -0.39 is 47.3 Å². The molecule has 16 nitrogen and oxygen atoms in total. The summed E-state index contributed by atoms with van der Waals surface area (Å²) in [6, 6.07) is 14.4. The number of imide groups is 2. The molecule has 17 heteroatoms. The van der Waals surface area contributed by atoms with E-state index in [-0.39, 0.29) is 92.4 Å². The highest BCUT2D eigenvalue weighted by molar-refractivity contribution is 6.26. The molecule has 7 rings (SSSR count). The van der Waals surface area contributed by atoms with Crippen molar-refractivity contribution in [1.82, 2.24) is 35.5 Å². The van der Waals surface area contributed by atoms with Gasteiger partial charge in [0.2, 0.25) is 23.6 Å². The van der Waals surface area contributed by atoms with Crippen LogP contribution in [-0.4, -0.2) is 112 Å². The van der Waals surface area contributed by atoms with Crippen molar-refractivity contribution >= 4 is 57.8 Å². The van der Waals surface area contributed by atoms with Crippen LogP contribution in [0.1, 0.15) is 55.2 Å². The Labute approximate surface area is 305 Å². The first-order chi connectivity index (χ1) is 26.0. The fraction of sp³-hybridized carbons (Fsp3) is 0.270. The molecule has 2 saturated heterocycles. The summed E-state index contributed by atoms with van der Waals surface area (Å²) in [4.78, 5) is 105. The summed E-state index contributed by atoms with van der Waals surface area (Å²) < 4.78 is 14.9. The minimum atomic E-state index is -1.16. The Kier molecular flexibility index (Phi) is 9.79. The van der Waals surface area contributed by atoms with E-state index in [0.29, 0.717) is 22.0 Å². The van der Waals surface area contributed by atoms with E-state index in [1.165, 1.54) is 40.1 Å². The first-order valence-electron chi connectivity index (χ1n) is 17.2. The van der Waals surface area contributed by atoms with Crippen molar-refractivity contribution in [3.05, 3.63) is 105 Å². The van der Waals surface area contributed by atoms with Crippen LogP contribution in [0.25, 0.3) is 10.8 Å². The number of carbonyl (C=O) groups is 7. The number of aromatic amines is 1. The molecular formula is C37H33FN8O8. The van der Waals surface area contributed by atoms with Crippen molar-refractivity contribution in [1.29, 1.82) is 0 Å². The second-order valence-corrected chi connectivity index (χ2v) is 13.0. The average molecular weight is 737 g/mol. The molecule has 0 bridgehead atoms. The standard InChI is InChI=1S/C37H33FN8O8/c38-25-9-8-20(17-27-21-4-1-2-5-22(21)33(50)43-42-27)16-24(25)35(52)45-14-12-44(13-15-45)31(49)19-39-18-30(48)40-26-7-3-6-23-32(26)37(54)46(36(23)53)28-10-11-29(47)41-34(28)51/h1-9,16,28,39H,10-15,17-19H2,(H,40,48)(H,43,50)(H,41,47,51). The van der Waals surface area contributed by atoms with E-state index in [2.05, 4.69) is 26.1 Å². The van der Waals surface area contributed by atoms with Gasteiger partial charge in [-0.2, -0.15) is 5.10 Å². The highest BCUT2D eigenvalue weighted by atomic mass is 19.1. The number of nitrogens with zero attached hydrogens (tertiary/aromatic N) is 4.